The number of hydrogen-bond donors (Lipinski definition) is 1. The van der Waals surface area contributed by atoms with Crippen LogP contribution in [0.3, 0.4) is 0 Å². The second-order valence-corrected chi connectivity index (χ2v) is 7.50. The van der Waals surface area contributed by atoms with Crippen LogP contribution in [-0.4, -0.2) is 25.3 Å². The molecule has 0 fully saturated rings. The Hall–Kier alpha value is -1.01. The third kappa shape index (κ3) is 5.65. The first-order valence-electron chi connectivity index (χ1n) is 6.91. The van der Waals surface area contributed by atoms with Gasteiger partial charge in [0.25, 0.3) is 0 Å². The molecule has 6 heteroatoms. The van der Waals surface area contributed by atoms with Crippen molar-refractivity contribution < 1.29 is 9.53 Å². The fraction of sp³-hybridized carbons (Fsp3) is 0.312. The number of ether oxygens (including phenoxy) is 1. The van der Waals surface area contributed by atoms with Crippen molar-refractivity contribution in [3.63, 3.8) is 0 Å². The molecule has 0 aliphatic carbocycles. The van der Waals surface area contributed by atoms with E-state index in [4.69, 9.17) is 16.3 Å². The number of carbonyl (C=O) groups is 1. The van der Waals surface area contributed by atoms with Crippen LogP contribution in [-0.2, 0) is 9.53 Å². The summed E-state index contributed by atoms with van der Waals surface area (Å²) in [5, 5.41) is 2.91. The summed E-state index contributed by atoms with van der Waals surface area (Å²) in [6.07, 6.45) is 0.338. The van der Waals surface area contributed by atoms with Crippen molar-refractivity contribution in [2.45, 2.75) is 17.4 Å². The fourth-order valence-corrected chi connectivity index (χ4v) is 3.89. The molecule has 0 bridgehead atoms. The molecule has 3 nitrogen and oxygen atoms in total. The Kier molecular flexibility index (Phi) is 7.25. The summed E-state index contributed by atoms with van der Waals surface area (Å²) in [6, 6.07) is 13.8. The van der Waals surface area contributed by atoms with Crippen LogP contribution < -0.4 is 5.32 Å². The number of carbonyl (C=O) groups excluding carboxylic acids is 1. The molecule has 2 aromatic rings. The van der Waals surface area contributed by atoms with Gasteiger partial charge in [-0.05, 0) is 24.3 Å². The topological polar surface area (TPSA) is 38.3 Å². The Morgan fingerprint density at radius 1 is 1.32 bits per heavy atom. The Labute approximate surface area is 144 Å². The zero-order chi connectivity index (χ0) is 15.8. The average Bonchev–Trinajstić information content (AvgIpc) is 2.95. The van der Waals surface area contributed by atoms with Crippen LogP contribution in [0.5, 0.6) is 0 Å². The van der Waals surface area contributed by atoms with Gasteiger partial charge >= 0.3 is 0 Å². The van der Waals surface area contributed by atoms with E-state index in [2.05, 4.69) is 5.32 Å². The molecule has 22 heavy (non-hydrogen) atoms. The van der Waals surface area contributed by atoms with Crippen molar-refractivity contribution in [1.82, 2.24) is 5.32 Å². The minimum absolute atomic E-state index is 0.0353. The van der Waals surface area contributed by atoms with Gasteiger partial charge in [-0.15, -0.1) is 23.1 Å². The lowest BCUT2D eigenvalue weighted by Crippen LogP contribution is -2.29. The van der Waals surface area contributed by atoms with Gasteiger partial charge in [0.05, 0.1) is 4.34 Å². The van der Waals surface area contributed by atoms with Crippen molar-refractivity contribution in [3.8, 4) is 0 Å². The van der Waals surface area contributed by atoms with E-state index < -0.39 is 0 Å². The molecule has 1 N–H and O–H groups in total. The quantitative estimate of drug-likeness (QED) is 0.714. The first-order chi connectivity index (χ1) is 10.7. The summed E-state index contributed by atoms with van der Waals surface area (Å²) >= 11 is 9.08. The molecule has 0 radical (unpaired) electrons. The number of methoxy groups -OCH3 is 1. The lowest BCUT2D eigenvalue weighted by atomic mass is 10.3. The molecule has 1 aromatic carbocycles. The normalized spacial score (nSPS) is 12.1. The van der Waals surface area contributed by atoms with E-state index in [-0.39, 0.29) is 12.0 Å². The van der Waals surface area contributed by atoms with Crippen molar-refractivity contribution in [1.29, 1.82) is 0 Å². The van der Waals surface area contributed by atoms with E-state index in [0.29, 0.717) is 13.0 Å². The number of thiophene rings is 1. The maximum absolute atomic E-state index is 11.9. The van der Waals surface area contributed by atoms with Crippen molar-refractivity contribution in [2.75, 3.05) is 19.4 Å². The van der Waals surface area contributed by atoms with Crippen LogP contribution >= 0.6 is 34.7 Å². The molecule has 0 aliphatic heterocycles. The highest BCUT2D eigenvalue weighted by molar-refractivity contribution is 7.99. The van der Waals surface area contributed by atoms with Crippen molar-refractivity contribution in [2.24, 2.45) is 0 Å². The summed E-state index contributed by atoms with van der Waals surface area (Å²) in [4.78, 5) is 14.1. The molecule has 0 saturated carbocycles. The maximum atomic E-state index is 11.9. The number of thioether (sulfide) groups is 1. The molecular weight excluding hydrogens is 338 g/mol. The number of benzene rings is 1. The lowest BCUT2D eigenvalue weighted by molar-refractivity contribution is -0.121. The summed E-state index contributed by atoms with van der Waals surface area (Å²) in [6.45, 7) is 0.460. The number of amides is 1. The second kappa shape index (κ2) is 9.20. The largest absolute Gasteiger partial charge is 0.374 e. The van der Waals surface area contributed by atoms with Gasteiger partial charge in [0, 0.05) is 35.6 Å². The van der Waals surface area contributed by atoms with E-state index in [1.54, 1.807) is 18.9 Å². The summed E-state index contributed by atoms with van der Waals surface area (Å²) in [5.74, 6) is 0.798. The van der Waals surface area contributed by atoms with Gasteiger partial charge < -0.3 is 10.1 Å². The lowest BCUT2D eigenvalue weighted by Gasteiger charge is -2.14. The van der Waals surface area contributed by atoms with Gasteiger partial charge in [0.1, 0.15) is 6.10 Å². The van der Waals surface area contributed by atoms with Gasteiger partial charge in [-0.25, -0.2) is 0 Å². The van der Waals surface area contributed by atoms with Crippen molar-refractivity contribution in [3.05, 3.63) is 51.7 Å². The van der Waals surface area contributed by atoms with Crippen LogP contribution in [0, 0.1) is 0 Å². The minimum Gasteiger partial charge on any atom is -0.374 e. The van der Waals surface area contributed by atoms with Crippen LogP contribution in [0.25, 0.3) is 0 Å². The Morgan fingerprint density at radius 3 is 2.73 bits per heavy atom. The van der Waals surface area contributed by atoms with Crippen LogP contribution in [0.1, 0.15) is 17.4 Å². The van der Waals surface area contributed by atoms with Crippen LogP contribution in [0.2, 0.25) is 4.34 Å². The zero-order valence-corrected chi connectivity index (χ0v) is 14.6. The molecule has 0 aliphatic rings. The third-order valence-electron chi connectivity index (χ3n) is 3.02. The molecule has 1 atom stereocenters. The molecule has 1 heterocycles. The maximum Gasteiger partial charge on any atom is 0.220 e. The van der Waals surface area contributed by atoms with Crippen LogP contribution in [0.4, 0.5) is 0 Å². The highest BCUT2D eigenvalue weighted by Gasteiger charge is 2.14. The SMILES string of the molecule is CO[C@@H](CNC(=O)CCSc1ccccc1)c1ccc(Cl)s1. The Balaban J connectivity index is 1.70. The van der Waals surface area contributed by atoms with Gasteiger partial charge in [-0.1, -0.05) is 29.8 Å². The number of hydrogen-bond acceptors (Lipinski definition) is 4. The highest BCUT2D eigenvalue weighted by Crippen LogP contribution is 2.28. The predicted molar refractivity (Wildman–Crippen MR) is 93.9 cm³/mol. The summed E-state index contributed by atoms with van der Waals surface area (Å²) < 4.78 is 6.13. The summed E-state index contributed by atoms with van der Waals surface area (Å²) in [7, 11) is 1.63. The molecule has 1 amide bonds. The standard InChI is InChI=1S/C16H18ClNO2S2/c1-20-13(14-7-8-15(17)22-14)11-18-16(19)9-10-21-12-5-3-2-4-6-12/h2-8,13H,9-11H2,1H3,(H,18,19)/t13-/m0/s1. The molecule has 118 valence electrons. The second-order valence-electron chi connectivity index (χ2n) is 4.58. The van der Waals surface area contributed by atoms with Gasteiger partial charge in [0.2, 0.25) is 5.91 Å². The van der Waals surface area contributed by atoms with Gasteiger partial charge in [-0.2, -0.15) is 0 Å². The minimum atomic E-state index is -0.150. The molecule has 0 spiro atoms. The molecule has 0 saturated heterocycles. The number of nitrogens with one attached hydrogen (secondary N) is 1. The van der Waals surface area contributed by atoms with E-state index in [1.807, 2.05) is 42.5 Å². The first-order valence-corrected chi connectivity index (χ1v) is 9.09. The highest BCUT2D eigenvalue weighted by atomic mass is 35.5. The number of halogens is 1. The third-order valence-corrected chi connectivity index (χ3v) is 5.36. The first kappa shape index (κ1) is 17.3. The Morgan fingerprint density at radius 2 is 2.09 bits per heavy atom. The molecule has 0 unspecified atom stereocenters. The van der Waals surface area contributed by atoms with E-state index in [1.165, 1.54) is 16.2 Å². The van der Waals surface area contributed by atoms with Gasteiger partial charge in [0.15, 0.2) is 0 Å². The zero-order valence-electron chi connectivity index (χ0n) is 12.3. The molecule has 1 aromatic heterocycles. The fourth-order valence-electron chi connectivity index (χ4n) is 1.87. The summed E-state index contributed by atoms with van der Waals surface area (Å²) in [5.41, 5.74) is 0. The molecular formula is C16H18ClNO2S2. The molecule has 2 rings (SSSR count). The average molecular weight is 356 g/mol. The van der Waals surface area contributed by atoms with E-state index in [9.17, 15) is 4.79 Å². The number of rotatable bonds is 8. The van der Waals surface area contributed by atoms with Crippen molar-refractivity contribution >= 4 is 40.6 Å². The Bertz CT molecular complexity index is 589. The monoisotopic (exact) mass is 355 g/mol. The smallest absolute Gasteiger partial charge is 0.220 e. The van der Waals surface area contributed by atoms with Gasteiger partial charge in [-0.3, -0.25) is 4.79 Å². The van der Waals surface area contributed by atoms with Crippen LogP contribution in [0.15, 0.2) is 47.4 Å². The van der Waals surface area contributed by atoms with E-state index >= 15 is 0 Å². The predicted octanol–water partition coefficient (Wildman–Crippen LogP) is 4.39. The van der Waals surface area contributed by atoms with E-state index in [0.717, 1.165) is 15.0 Å².